The minimum Gasteiger partial charge on any atom is -0.375 e. The second kappa shape index (κ2) is 10.5. The van der Waals surface area contributed by atoms with Crippen molar-refractivity contribution in [2.24, 2.45) is 0 Å². The normalized spacial score (nSPS) is 10.8. The molecular weight excluding hydrogens is 368 g/mol. The Morgan fingerprint density at radius 3 is 1.40 bits per heavy atom. The van der Waals surface area contributed by atoms with Crippen molar-refractivity contribution in [1.29, 1.82) is 0 Å². The zero-order chi connectivity index (χ0) is 20.4. The van der Waals surface area contributed by atoms with Crippen molar-refractivity contribution in [1.82, 2.24) is 0 Å². The number of rotatable bonds is 9. The Labute approximate surface area is 178 Å². The number of aromatic nitrogens is 2. The molecule has 2 aromatic heterocycles. The minimum atomic E-state index is 0.729. The smallest absolute Gasteiger partial charge is 0.171 e. The molecule has 0 spiro atoms. The van der Waals surface area contributed by atoms with Crippen LogP contribution in [0.5, 0.6) is 0 Å². The van der Waals surface area contributed by atoms with Crippen LogP contribution in [0.25, 0.3) is 22.3 Å². The summed E-state index contributed by atoms with van der Waals surface area (Å²) in [5, 5.41) is 0. The molecule has 4 rings (SSSR count). The van der Waals surface area contributed by atoms with E-state index >= 15 is 0 Å². The van der Waals surface area contributed by atoms with Gasteiger partial charge in [-0.25, -0.2) is 9.13 Å². The molecule has 0 unspecified atom stereocenters. The van der Waals surface area contributed by atoms with E-state index in [4.69, 9.17) is 4.74 Å². The number of benzene rings is 2. The maximum absolute atomic E-state index is 5.83. The lowest BCUT2D eigenvalue weighted by atomic mass is 10.1. The third kappa shape index (κ3) is 5.62. The van der Waals surface area contributed by atoms with Crippen LogP contribution < -0.4 is 9.13 Å². The lowest BCUT2D eigenvalue weighted by Gasteiger charge is -2.03. The monoisotopic (exact) mass is 396 g/mol. The molecule has 0 amide bonds. The average Bonchev–Trinajstić information content (AvgIpc) is 2.83. The van der Waals surface area contributed by atoms with Gasteiger partial charge in [0.1, 0.15) is 6.61 Å². The van der Waals surface area contributed by atoms with Gasteiger partial charge in [0.25, 0.3) is 0 Å². The Kier molecular flexibility index (Phi) is 6.98. The van der Waals surface area contributed by atoms with Gasteiger partial charge in [0, 0.05) is 30.7 Å². The summed E-state index contributed by atoms with van der Waals surface area (Å²) in [5.74, 6) is 0. The standard InChI is InChI=1S/C27H28N2O/c1-3-8-24(9-4-1)26-12-17-28(18-13-26)16-7-22-30-23-21-29-19-14-27(15-20-29)25-10-5-2-6-11-25/h1-6,8-15,17-20H,7,16,21-23H2/q+2. The molecule has 0 saturated carbocycles. The molecule has 0 fully saturated rings. The zero-order valence-corrected chi connectivity index (χ0v) is 17.2. The lowest BCUT2D eigenvalue weighted by Crippen LogP contribution is -2.35. The Hall–Kier alpha value is -3.30. The van der Waals surface area contributed by atoms with Crippen molar-refractivity contribution in [2.45, 2.75) is 19.5 Å². The van der Waals surface area contributed by atoms with Gasteiger partial charge in [-0.2, -0.15) is 0 Å². The second-order valence-corrected chi connectivity index (χ2v) is 7.35. The van der Waals surface area contributed by atoms with E-state index in [0.717, 1.165) is 32.7 Å². The summed E-state index contributed by atoms with van der Waals surface area (Å²) >= 11 is 0. The van der Waals surface area contributed by atoms with Gasteiger partial charge in [0.2, 0.25) is 0 Å². The highest BCUT2D eigenvalue weighted by atomic mass is 16.5. The highest BCUT2D eigenvalue weighted by molar-refractivity contribution is 5.62. The molecule has 0 aliphatic rings. The first kappa shape index (κ1) is 20.0. The molecule has 4 aromatic rings. The fourth-order valence-corrected chi connectivity index (χ4v) is 3.48. The van der Waals surface area contributed by atoms with E-state index in [9.17, 15) is 0 Å². The summed E-state index contributed by atoms with van der Waals surface area (Å²) in [6.45, 7) is 3.34. The summed E-state index contributed by atoms with van der Waals surface area (Å²) in [7, 11) is 0. The highest BCUT2D eigenvalue weighted by Gasteiger charge is 2.05. The van der Waals surface area contributed by atoms with Crippen LogP contribution in [-0.4, -0.2) is 13.2 Å². The van der Waals surface area contributed by atoms with E-state index in [-0.39, 0.29) is 0 Å². The van der Waals surface area contributed by atoms with E-state index < -0.39 is 0 Å². The first-order valence-electron chi connectivity index (χ1n) is 10.6. The van der Waals surface area contributed by atoms with Crippen molar-refractivity contribution in [3.63, 3.8) is 0 Å². The molecule has 0 N–H and O–H groups in total. The third-order valence-corrected chi connectivity index (χ3v) is 5.20. The van der Waals surface area contributed by atoms with E-state index in [1.165, 1.54) is 22.3 Å². The number of hydrogen-bond donors (Lipinski definition) is 0. The van der Waals surface area contributed by atoms with Crippen LogP contribution in [-0.2, 0) is 17.8 Å². The van der Waals surface area contributed by atoms with Crippen LogP contribution in [0, 0.1) is 0 Å². The summed E-state index contributed by atoms with van der Waals surface area (Å²) in [4.78, 5) is 0. The van der Waals surface area contributed by atoms with Crippen LogP contribution in [0.2, 0.25) is 0 Å². The Morgan fingerprint density at radius 1 is 0.467 bits per heavy atom. The second-order valence-electron chi connectivity index (χ2n) is 7.35. The van der Waals surface area contributed by atoms with Crippen LogP contribution in [0.3, 0.4) is 0 Å². The number of hydrogen-bond acceptors (Lipinski definition) is 1. The molecule has 0 aliphatic carbocycles. The Morgan fingerprint density at radius 2 is 0.900 bits per heavy atom. The largest absolute Gasteiger partial charge is 0.375 e. The van der Waals surface area contributed by atoms with Crippen LogP contribution in [0.1, 0.15) is 6.42 Å². The van der Waals surface area contributed by atoms with Crippen molar-refractivity contribution in [3.8, 4) is 22.3 Å². The van der Waals surface area contributed by atoms with Crippen molar-refractivity contribution < 1.29 is 13.9 Å². The predicted molar refractivity (Wildman–Crippen MR) is 120 cm³/mol. The molecular formula is C27H28N2O+2. The van der Waals surface area contributed by atoms with Crippen molar-refractivity contribution >= 4 is 0 Å². The number of aryl methyl sites for hydroxylation is 1. The Bertz CT molecular complexity index is 927. The Balaban J connectivity index is 1.15. The molecule has 0 bridgehead atoms. The lowest BCUT2D eigenvalue weighted by molar-refractivity contribution is -0.700. The van der Waals surface area contributed by atoms with Gasteiger partial charge in [-0.15, -0.1) is 0 Å². The zero-order valence-electron chi connectivity index (χ0n) is 17.2. The first-order valence-corrected chi connectivity index (χ1v) is 10.6. The van der Waals surface area contributed by atoms with Gasteiger partial charge in [-0.1, -0.05) is 60.7 Å². The van der Waals surface area contributed by atoms with Crippen LogP contribution in [0.15, 0.2) is 110 Å². The molecule has 150 valence electrons. The topological polar surface area (TPSA) is 17.0 Å². The minimum absolute atomic E-state index is 0.729. The molecule has 30 heavy (non-hydrogen) atoms. The van der Waals surface area contributed by atoms with Gasteiger partial charge < -0.3 is 4.74 Å². The maximum atomic E-state index is 5.83. The first-order chi connectivity index (χ1) is 14.9. The highest BCUT2D eigenvalue weighted by Crippen LogP contribution is 2.17. The van der Waals surface area contributed by atoms with Gasteiger partial charge in [-0.05, 0) is 22.3 Å². The molecule has 0 atom stereocenters. The van der Waals surface area contributed by atoms with Gasteiger partial charge in [0.05, 0.1) is 6.61 Å². The van der Waals surface area contributed by atoms with Gasteiger partial charge in [-0.3, -0.25) is 0 Å². The third-order valence-electron chi connectivity index (χ3n) is 5.20. The van der Waals surface area contributed by atoms with Crippen molar-refractivity contribution in [2.75, 3.05) is 13.2 Å². The van der Waals surface area contributed by atoms with Gasteiger partial charge in [0.15, 0.2) is 37.9 Å². The molecule has 2 heterocycles. The van der Waals surface area contributed by atoms with E-state index in [1.807, 2.05) is 12.1 Å². The van der Waals surface area contributed by atoms with Gasteiger partial charge >= 0.3 is 0 Å². The summed E-state index contributed by atoms with van der Waals surface area (Å²) in [6, 6.07) is 29.6. The molecule has 0 radical (unpaired) electrons. The number of ether oxygens (including phenoxy) is 1. The summed E-state index contributed by atoms with van der Waals surface area (Å²) in [6.07, 6.45) is 9.54. The quantitative estimate of drug-likeness (QED) is 0.296. The molecule has 3 heteroatoms. The molecule has 0 aliphatic heterocycles. The van der Waals surface area contributed by atoms with Crippen molar-refractivity contribution in [3.05, 3.63) is 110 Å². The van der Waals surface area contributed by atoms with Crippen LogP contribution in [0.4, 0.5) is 0 Å². The average molecular weight is 397 g/mol. The molecule has 3 nitrogen and oxygen atoms in total. The number of pyridine rings is 2. The molecule has 2 aromatic carbocycles. The van der Waals surface area contributed by atoms with E-state index in [2.05, 4.69) is 107 Å². The van der Waals surface area contributed by atoms with E-state index in [0.29, 0.717) is 0 Å². The number of nitrogens with zero attached hydrogens (tertiary/aromatic N) is 2. The SMILES string of the molecule is c1ccc(-c2cc[n+](CCCOCC[n+]3ccc(-c4ccccc4)cc3)cc2)cc1. The van der Waals surface area contributed by atoms with Crippen LogP contribution >= 0.6 is 0 Å². The fourth-order valence-electron chi connectivity index (χ4n) is 3.48. The predicted octanol–water partition coefficient (Wildman–Crippen LogP) is 4.70. The fraction of sp³-hybridized carbons (Fsp3) is 0.185. The van der Waals surface area contributed by atoms with E-state index in [1.54, 1.807) is 0 Å². The summed E-state index contributed by atoms with van der Waals surface area (Å²) < 4.78 is 10.2. The molecule has 0 saturated heterocycles. The summed E-state index contributed by atoms with van der Waals surface area (Å²) in [5.41, 5.74) is 4.99. The maximum Gasteiger partial charge on any atom is 0.171 e.